The minimum atomic E-state index is -0.521. The molecule has 4 aromatic rings. The van der Waals surface area contributed by atoms with Gasteiger partial charge in [0.2, 0.25) is 11.7 Å². The van der Waals surface area contributed by atoms with E-state index in [1.807, 2.05) is 66.7 Å². The van der Waals surface area contributed by atoms with Crippen LogP contribution in [0.4, 0.5) is 5.69 Å². The molecular formula is C29H30N4O4. The van der Waals surface area contributed by atoms with E-state index in [1.165, 1.54) is 5.69 Å². The Morgan fingerprint density at radius 1 is 0.811 bits per heavy atom. The number of fused-ring (bicyclic) bond motifs is 1. The summed E-state index contributed by atoms with van der Waals surface area (Å²) in [6.45, 7) is 4.40. The largest absolute Gasteiger partial charge is 0.489 e. The normalized spacial score (nSPS) is 13.9. The Hall–Kier alpha value is -4.30. The predicted molar refractivity (Wildman–Crippen MR) is 142 cm³/mol. The second kappa shape index (κ2) is 11.6. The molecule has 8 nitrogen and oxygen atoms in total. The van der Waals surface area contributed by atoms with E-state index in [0.29, 0.717) is 23.4 Å². The number of hydrazine groups is 1. The molecule has 1 fully saturated rings. The minimum Gasteiger partial charge on any atom is -0.489 e. The van der Waals surface area contributed by atoms with Gasteiger partial charge in [0.05, 0.1) is 0 Å². The van der Waals surface area contributed by atoms with Crippen molar-refractivity contribution < 1.29 is 18.7 Å². The number of carbonyl (C=O) groups is 2. The average molecular weight is 499 g/mol. The Kier molecular flexibility index (Phi) is 7.66. The minimum absolute atomic E-state index is 0.120. The van der Waals surface area contributed by atoms with Crippen LogP contribution >= 0.6 is 0 Å². The summed E-state index contributed by atoms with van der Waals surface area (Å²) in [7, 11) is 0. The first-order chi connectivity index (χ1) is 18.2. The Morgan fingerprint density at radius 3 is 2.24 bits per heavy atom. The molecule has 3 aromatic carbocycles. The van der Waals surface area contributed by atoms with Crippen molar-refractivity contribution in [3.63, 3.8) is 0 Å². The molecule has 1 saturated heterocycles. The van der Waals surface area contributed by atoms with Gasteiger partial charge in [-0.1, -0.05) is 54.6 Å². The van der Waals surface area contributed by atoms with E-state index < -0.39 is 5.91 Å². The second-order valence-electron chi connectivity index (χ2n) is 8.92. The fraction of sp³-hybridized carbons (Fsp3) is 0.241. The van der Waals surface area contributed by atoms with Crippen molar-refractivity contribution in [1.29, 1.82) is 0 Å². The molecule has 0 atom stereocenters. The second-order valence-corrected chi connectivity index (χ2v) is 8.92. The quantitative estimate of drug-likeness (QED) is 0.358. The van der Waals surface area contributed by atoms with Gasteiger partial charge in [0, 0.05) is 55.8 Å². The number of nitrogens with zero attached hydrogens (tertiary/aromatic N) is 2. The van der Waals surface area contributed by atoms with Crippen molar-refractivity contribution in [2.24, 2.45) is 0 Å². The summed E-state index contributed by atoms with van der Waals surface area (Å²) in [6.07, 6.45) is 0.287. The number of para-hydroxylation sites is 3. The van der Waals surface area contributed by atoms with Gasteiger partial charge in [0.1, 0.15) is 17.9 Å². The third-order valence-electron chi connectivity index (χ3n) is 6.50. The van der Waals surface area contributed by atoms with E-state index in [4.69, 9.17) is 9.15 Å². The number of piperazine rings is 1. The molecule has 0 saturated carbocycles. The number of hydrogen-bond donors (Lipinski definition) is 2. The van der Waals surface area contributed by atoms with Crippen molar-refractivity contribution >= 4 is 28.5 Å². The number of benzene rings is 3. The molecule has 1 aliphatic rings. The highest BCUT2D eigenvalue weighted by Crippen LogP contribution is 2.27. The smallest absolute Gasteiger partial charge is 0.305 e. The van der Waals surface area contributed by atoms with Crippen LogP contribution in [0.15, 0.2) is 89.3 Å². The molecule has 2 amide bonds. The molecule has 0 unspecified atom stereocenters. The lowest BCUT2D eigenvalue weighted by atomic mass is 10.1. The Bertz CT molecular complexity index is 1330. The number of anilines is 1. The van der Waals surface area contributed by atoms with Gasteiger partial charge in [-0.15, -0.1) is 0 Å². The monoisotopic (exact) mass is 498 g/mol. The highest BCUT2D eigenvalue weighted by atomic mass is 16.5. The van der Waals surface area contributed by atoms with E-state index in [9.17, 15) is 9.59 Å². The van der Waals surface area contributed by atoms with E-state index in [2.05, 4.69) is 32.8 Å². The molecule has 1 aromatic heterocycles. The summed E-state index contributed by atoms with van der Waals surface area (Å²) in [6, 6.07) is 27.1. The summed E-state index contributed by atoms with van der Waals surface area (Å²) in [4.78, 5) is 30.0. The van der Waals surface area contributed by atoms with Gasteiger partial charge in [-0.3, -0.25) is 25.3 Å². The zero-order valence-electron chi connectivity index (χ0n) is 20.6. The van der Waals surface area contributed by atoms with Crippen LogP contribution in [0.3, 0.4) is 0 Å². The predicted octanol–water partition coefficient (Wildman–Crippen LogP) is 3.99. The summed E-state index contributed by atoms with van der Waals surface area (Å²) >= 11 is 0. The summed E-state index contributed by atoms with van der Waals surface area (Å²) in [5.74, 6) is 0.0382. The zero-order chi connectivity index (χ0) is 25.5. The zero-order valence-corrected chi connectivity index (χ0v) is 20.6. The molecule has 0 spiro atoms. The lowest BCUT2D eigenvalue weighted by Gasteiger charge is -2.36. The van der Waals surface area contributed by atoms with Gasteiger partial charge in [0.15, 0.2) is 0 Å². The van der Waals surface area contributed by atoms with Gasteiger partial charge in [-0.25, -0.2) is 0 Å². The molecule has 190 valence electrons. The van der Waals surface area contributed by atoms with Crippen LogP contribution in [0.1, 0.15) is 22.5 Å². The first-order valence-electron chi connectivity index (χ1n) is 12.5. The van der Waals surface area contributed by atoms with E-state index in [1.54, 1.807) is 6.07 Å². The maximum absolute atomic E-state index is 12.9. The van der Waals surface area contributed by atoms with Crippen LogP contribution in [-0.2, 0) is 11.4 Å². The Labute approximate surface area is 215 Å². The maximum Gasteiger partial charge on any atom is 0.305 e. The molecular weight excluding hydrogens is 468 g/mol. The number of rotatable bonds is 8. The van der Waals surface area contributed by atoms with E-state index in [-0.39, 0.29) is 24.7 Å². The number of hydrogen-bond acceptors (Lipinski definition) is 6. The first-order valence-corrected chi connectivity index (χ1v) is 12.5. The van der Waals surface area contributed by atoms with Gasteiger partial charge >= 0.3 is 5.91 Å². The maximum atomic E-state index is 12.9. The average Bonchev–Trinajstić information content (AvgIpc) is 3.33. The van der Waals surface area contributed by atoms with Crippen LogP contribution < -0.4 is 20.5 Å². The molecule has 2 N–H and O–H groups in total. The van der Waals surface area contributed by atoms with Crippen LogP contribution in [0.2, 0.25) is 0 Å². The van der Waals surface area contributed by atoms with Crippen LogP contribution in [0, 0.1) is 0 Å². The molecule has 37 heavy (non-hydrogen) atoms. The highest BCUT2D eigenvalue weighted by molar-refractivity contribution is 5.99. The molecule has 8 heteroatoms. The lowest BCUT2D eigenvalue weighted by molar-refractivity contribution is -0.122. The van der Waals surface area contributed by atoms with Gasteiger partial charge in [0.25, 0.3) is 0 Å². The van der Waals surface area contributed by atoms with Crippen molar-refractivity contribution in [1.82, 2.24) is 15.8 Å². The number of furan rings is 1. The summed E-state index contributed by atoms with van der Waals surface area (Å²) in [5, 5.41) is 0.796. The molecule has 0 radical (unpaired) electrons. The molecule has 1 aliphatic heterocycles. The lowest BCUT2D eigenvalue weighted by Crippen LogP contribution is -2.48. The Morgan fingerprint density at radius 2 is 1.49 bits per heavy atom. The number of amides is 2. The summed E-state index contributed by atoms with van der Waals surface area (Å²) in [5.41, 5.74) is 7.46. The fourth-order valence-electron chi connectivity index (χ4n) is 4.47. The van der Waals surface area contributed by atoms with Gasteiger partial charge < -0.3 is 14.1 Å². The number of ether oxygens (including phenoxy) is 1. The Balaban J connectivity index is 1.12. The first kappa shape index (κ1) is 24.4. The highest BCUT2D eigenvalue weighted by Gasteiger charge is 2.22. The number of carbonyl (C=O) groups excluding carboxylic acids is 2. The van der Waals surface area contributed by atoms with Crippen LogP contribution in [-0.4, -0.2) is 49.4 Å². The summed E-state index contributed by atoms with van der Waals surface area (Å²) < 4.78 is 11.7. The van der Waals surface area contributed by atoms with Crippen molar-refractivity contribution in [2.45, 2.75) is 13.0 Å². The fourth-order valence-corrected chi connectivity index (χ4v) is 4.47. The molecule has 0 bridgehead atoms. The van der Waals surface area contributed by atoms with Crippen LogP contribution in [0.25, 0.3) is 11.0 Å². The molecule has 0 aliphatic carbocycles. The number of nitrogens with one attached hydrogen (secondary N) is 2. The third-order valence-corrected chi connectivity index (χ3v) is 6.50. The SMILES string of the molecule is O=C(CCN1CCN(c2ccccc2)CC1)NNC(=O)c1oc2ccccc2c1COc1ccccc1. The van der Waals surface area contributed by atoms with Gasteiger partial charge in [-0.05, 0) is 30.3 Å². The van der Waals surface area contributed by atoms with Crippen molar-refractivity contribution in [3.8, 4) is 5.75 Å². The van der Waals surface area contributed by atoms with Crippen LogP contribution in [0.5, 0.6) is 5.75 Å². The topological polar surface area (TPSA) is 87.1 Å². The van der Waals surface area contributed by atoms with Gasteiger partial charge in [-0.2, -0.15) is 0 Å². The molecule has 5 rings (SSSR count). The van der Waals surface area contributed by atoms with Crippen molar-refractivity contribution in [3.05, 3.63) is 96.3 Å². The van der Waals surface area contributed by atoms with E-state index in [0.717, 1.165) is 31.6 Å². The molecule has 2 heterocycles. The third kappa shape index (κ3) is 6.10. The van der Waals surface area contributed by atoms with E-state index >= 15 is 0 Å². The standard InChI is InChI=1S/C29H30N4O4/c34-27(15-16-32-17-19-33(20-18-32)22-9-3-1-4-10-22)30-31-29(35)28-25(21-36-23-11-5-2-6-12-23)24-13-7-8-14-26(24)37-28/h1-14H,15-21H2,(H,30,34)(H,31,35). The van der Waals surface area contributed by atoms with Crippen molar-refractivity contribution in [2.75, 3.05) is 37.6 Å².